The van der Waals surface area contributed by atoms with Gasteiger partial charge in [0.15, 0.2) is 5.69 Å². The lowest BCUT2D eigenvalue weighted by Crippen LogP contribution is -2.25. The normalized spacial score (nSPS) is 13.3. The Hall–Kier alpha value is -3.23. The summed E-state index contributed by atoms with van der Waals surface area (Å²) in [6.07, 6.45) is 1.66. The van der Waals surface area contributed by atoms with Gasteiger partial charge < -0.3 is 0 Å². The topological polar surface area (TPSA) is 42.5 Å². The van der Waals surface area contributed by atoms with Crippen molar-refractivity contribution in [2.24, 2.45) is 0 Å². The maximum absolute atomic E-state index is 12.9. The molecule has 0 atom stereocenters. The van der Waals surface area contributed by atoms with Crippen LogP contribution in [0.2, 0.25) is 0 Å². The fourth-order valence-electron chi connectivity index (χ4n) is 3.45. The van der Waals surface area contributed by atoms with Crippen molar-refractivity contribution in [1.29, 1.82) is 0 Å². The molecule has 0 amide bonds. The average Bonchev–Trinajstić information content (AvgIpc) is 3.09. The molecule has 0 saturated heterocycles. The van der Waals surface area contributed by atoms with Crippen LogP contribution in [-0.4, -0.2) is 14.5 Å². The highest BCUT2D eigenvalue weighted by Crippen LogP contribution is 2.22. The van der Waals surface area contributed by atoms with Gasteiger partial charge in [-0.25, -0.2) is 9.83 Å². The molecule has 5 nitrogen and oxygen atoms in total. The molecule has 0 spiro atoms. The zero-order valence-electron chi connectivity index (χ0n) is 15.2. The monoisotopic (exact) mass is 356 g/mol. The number of hydrogen-bond donors (Lipinski definition) is 0. The first-order valence-electron chi connectivity index (χ1n) is 8.94. The molecule has 27 heavy (non-hydrogen) atoms. The van der Waals surface area contributed by atoms with E-state index < -0.39 is 0 Å². The molecular weight excluding hydrogens is 336 g/mol. The largest absolute Gasteiger partial charge is 0.294 e. The van der Waals surface area contributed by atoms with Gasteiger partial charge in [0.25, 0.3) is 5.56 Å². The minimum Gasteiger partial charge on any atom is -0.294 e. The summed E-state index contributed by atoms with van der Waals surface area (Å²) in [5.41, 5.74) is 5.70. The number of nitrogens with zero attached hydrogens (tertiary/aromatic N) is 4. The quantitative estimate of drug-likeness (QED) is 0.670. The van der Waals surface area contributed by atoms with Gasteiger partial charge in [-0.3, -0.25) is 14.3 Å². The van der Waals surface area contributed by atoms with E-state index >= 15 is 0 Å². The van der Waals surface area contributed by atoms with Crippen molar-refractivity contribution < 1.29 is 0 Å². The average molecular weight is 356 g/mol. The van der Waals surface area contributed by atoms with Crippen molar-refractivity contribution in [1.82, 2.24) is 14.5 Å². The zero-order chi connectivity index (χ0) is 18.8. The molecule has 0 saturated carbocycles. The first kappa shape index (κ1) is 17.2. The maximum atomic E-state index is 12.9. The van der Waals surface area contributed by atoms with Gasteiger partial charge in [0.1, 0.15) is 0 Å². The Kier molecular flexibility index (Phi) is 4.57. The molecule has 4 rings (SSSR count). The summed E-state index contributed by atoms with van der Waals surface area (Å²) in [7, 11) is 0. The van der Waals surface area contributed by atoms with Crippen molar-refractivity contribution in [2.75, 3.05) is 0 Å². The SMILES string of the molecule is [C-]#[N+]c1cccc(CN2Cc3ncn(Cc4ccc(C)cc4)c(=O)c3C2)c1. The number of hydrogen-bond acceptors (Lipinski definition) is 3. The predicted molar refractivity (Wildman–Crippen MR) is 104 cm³/mol. The van der Waals surface area contributed by atoms with Gasteiger partial charge in [0.2, 0.25) is 0 Å². The Labute approximate surface area is 158 Å². The Bertz CT molecular complexity index is 1080. The number of benzene rings is 2. The Morgan fingerprint density at radius 1 is 1.07 bits per heavy atom. The lowest BCUT2D eigenvalue weighted by Gasteiger charge is -2.14. The standard InChI is InChI=1S/C22H20N4O/c1-16-6-8-17(9-7-16)12-26-15-24-21-14-25(13-20(21)22(26)27)11-18-4-3-5-19(10-18)23-2/h3-10,15H,11-14H2,1H3. The smallest absolute Gasteiger partial charge is 0.258 e. The number of rotatable bonds is 4. The third-order valence-electron chi connectivity index (χ3n) is 4.89. The van der Waals surface area contributed by atoms with E-state index in [1.807, 2.05) is 30.3 Å². The van der Waals surface area contributed by atoms with E-state index in [1.54, 1.807) is 17.0 Å². The third-order valence-corrected chi connectivity index (χ3v) is 4.89. The van der Waals surface area contributed by atoms with E-state index in [1.165, 1.54) is 5.56 Å². The molecule has 0 bridgehead atoms. The van der Waals surface area contributed by atoms with E-state index in [4.69, 9.17) is 6.57 Å². The van der Waals surface area contributed by atoms with E-state index in [9.17, 15) is 4.79 Å². The van der Waals surface area contributed by atoms with Crippen LogP contribution < -0.4 is 5.56 Å². The van der Waals surface area contributed by atoms with E-state index in [0.717, 1.165) is 22.4 Å². The molecule has 0 aliphatic carbocycles. The molecule has 0 unspecified atom stereocenters. The van der Waals surface area contributed by atoms with Gasteiger partial charge in [-0.15, -0.1) is 0 Å². The molecule has 5 heteroatoms. The fourth-order valence-corrected chi connectivity index (χ4v) is 3.45. The van der Waals surface area contributed by atoms with Crippen LogP contribution in [0, 0.1) is 13.5 Å². The van der Waals surface area contributed by atoms with Crippen LogP contribution in [-0.2, 0) is 26.2 Å². The van der Waals surface area contributed by atoms with Gasteiger partial charge in [-0.1, -0.05) is 54.1 Å². The molecule has 0 N–H and O–H groups in total. The third kappa shape index (κ3) is 3.67. The van der Waals surface area contributed by atoms with E-state index in [-0.39, 0.29) is 5.56 Å². The van der Waals surface area contributed by atoms with Crippen molar-refractivity contribution >= 4 is 5.69 Å². The number of fused-ring (bicyclic) bond motifs is 1. The van der Waals surface area contributed by atoms with Crippen LogP contribution in [0.5, 0.6) is 0 Å². The van der Waals surface area contributed by atoms with Gasteiger partial charge in [0, 0.05) is 19.6 Å². The second-order valence-corrected chi connectivity index (χ2v) is 7.02. The molecule has 1 aliphatic rings. The molecule has 2 aromatic carbocycles. The highest BCUT2D eigenvalue weighted by Gasteiger charge is 2.24. The van der Waals surface area contributed by atoms with E-state index in [0.29, 0.717) is 31.9 Å². The summed E-state index contributed by atoms with van der Waals surface area (Å²) < 4.78 is 1.69. The van der Waals surface area contributed by atoms with Gasteiger partial charge >= 0.3 is 0 Å². The molecule has 1 aromatic heterocycles. The molecule has 134 valence electrons. The maximum Gasteiger partial charge on any atom is 0.258 e. The summed E-state index contributed by atoms with van der Waals surface area (Å²) >= 11 is 0. The molecular formula is C22H20N4O. The fraction of sp³-hybridized carbons (Fsp3) is 0.227. The second-order valence-electron chi connectivity index (χ2n) is 7.02. The highest BCUT2D eigenvalue weighted by molar-refractivity contribution is 5.46. The lowest BCUT2D eigenvalue weighted by atomic mass is 10.1. The number of aromatic nitrogens is 2. The predicted octanol–water partition coefficient (Wildman–Crippen LogP) is 3.67. The molecule has 1 aliphatic heterocycles. The highest BCUT2D eigenvalue weighted by atomic mass is 16.1. The van der Waals surface area contributed by atoms with Crippen molar-refractivity contribution in [3.63, 3.8) is 0 Å². The summed E-state index contributed by atoms with van der Waals surface area (Å²) in [6, 6.07) is 15.8. The van der Waals surface area contributed by atoms with Crippen LogP contribution in [0.3, 0.4) is 0 Å². The summed E-state index contributed by atoms with van der Waals surface area (Å²) in [4.78, 5) is 23.1. The lowest BCUT2D eigenvalue weighted by molar-refractivity contribution is 0.273. The van der Waals surface area contributed by atoms with Gasteiger partial charge in [-0.05, 0) is 18.1 Å². The Balaban J connectivity index is 1.52. The van der Waals surface area contributed by atoms with Crippen LogP contribution in [0.25, 0.3) is 4.85 Å². The van der Waals surface area contributed by atoms with Crippen LogP contribution in [0.1, 0.15) is 27.9 Å². The van der Waals surface area contributed by atoms with Gasteiger partial charge in [-0.2, -0.15) is 0 Å². The second kappa shape index (κ2) is 7.18. The van der Waals surface area contributed by atoms with Crippen LogP contribution in [0.4, 0.5) is 5.69 Å². The Morgan fingerprint density at radius 3 is 2.67 bits per heavy atom. The summed E-state index contributed by atoms with van der Waals surface area (Å²) in [6.45, 7) is 11.7. The Morgan fingerprint density at radius 2 is 1.89 bits per heavy atom. The first-order valence-corrected chi connectivity index (χ1v) is 8.94. The minimum atomic E-state index is 0.0398. The molecule has 2 heterocycles. The van der Waals surface area contributed by atoms with Gasteiger partial charge in [0.05, 0.1) is 30.7 Å². The van der Waals surface area contributed by atoms with Crippen molar-refractivity contribution in [3.8, 4) is 0 Å². The summed E-state index contributed by atoms with van der Waals surface area (Å²) in [5.74, 6) is 0. The minimum absolute atomic E-state index is 0.0398. The number of aryl methyl sites for hydroxylation is 1. The van der Waals surface area contributed by atoms with Crippen LogP contribution in [0.15, 0.2) is 59.7 Å². The first-order chi connectivity index (χ1) is 13.1. The van der Waals surface area contributed by atoms with E-state index in [2.05, 4.69) is 33.8 Å². The molecule has 3 aromatic rings. The van der Waals surface area contributed by atoms with Crippen molar-refractivity contribution in [3.05, 3.63) is 105 Å². The van der Waals surface area contributed by atoms with Crippen LogP contribution >= 0.6 is 0 Å². The summed E-state index contributed by atoms with van der Waals surface area (Å²) in [5, 5.41) is 0. The molecule has 0 radical (unpaired) electrons. The zero-order valence-corrected chi connectivity index (χ0v) is 15.2. The molecule has 0 fully saturated rings. The van der Waals surface area contributed by atoms with Crippen molar-refractivity contribution in [2.45, 2.75) is 33.1 Å².